The van der Waals surface area contributed by atoms with Crippen LogP contribution in [0, 0.1) is 6.92 Å². The van der Waals surface area contributed by atoms with Crippen molar-refractivity contribution < 1.29 is 14.4 Å². The minimum Gasteiger partial charge on any atom is -0.375 e. The third-order valence-corrected chi connectivity index (χ3v) is 7.25. The van der Waals surface area contributed by atoms with Gasteiger partial charge in [-0.15, -0.1) is 0 Å². The van der Waals surface area contributed by atoms with Gasteiger partial charge in [0.15, 0.2) is 5.60 Å². The second-order valence-corrected chi connectivity index (χ2v) is 10.5. The summed E-state index contributed by atoms with van der Waals surface area (Å²) in [7, 11) is 0. The van der Waals surface area contributed by atoms with Gasteiger partial charge in [-0.25, -0.2) is 4.79 Å². The second kappa shape index (κ2) is 10.3. The Hall–Kier alpha value is -4.55. The lowest BCUT2D eigenvalue weighted by Gasteiger charge is -2.36. The molecule has 39 heavy (non-hydrogen) atoms. The van der Waals surface area contributed by atoms with E-state index in [1.807, 2.05) is 98.8 Å². The maximum Gasteiger partial charge on any atom is 0.366 e. The van der Waals surface area contributed by atoms with Crippen LogP contribution < -0.4 is 10.9 Å². The van der Waals surface area contributed by atoms with Gasteiger partial charge < -0.3 is 14.9 Å². The van der Waals surface area contributed by atoms with Crippen LogP contribution in [0.4, 0.5) is 5.69 Å². The Morgan fingerprint density at radius 2 is 1.44 bits per heavy atom. The molecule has 196 valence electrons. The van der Waals surface area contributed by atoms with E-state index in [4.69, 9.17) is 4.52 Å². The van der Waals surface area contributed by atoms with Crippen molar-refractivity contribution in [2.75, 3.05) is 5.32 Å². The molecule has 0 spiro atoms. The molecule has 0 aliphatic carbocycles. The highest BCUT2D eigenvalue weighted by molar-refractivity contribution is 6.00. The first-order valence-corrected chi connectivity index (χ1v) is 12.8. The number of fused-ring (bicyclic) bond motifs is 1. The van der Waals surface area contributed by atoms with Crippen molar-refractivity contribution in [3.05, 3.63) is 130 Å². The van der Waals surface area contributed by atoms with Gasteiger partial charge >= 0.3 is 5.63 Å². The summed E-state index contributed by atoms with van der Waals surface area (Å²) in [4.78, 5) is 26.0. The van der Waals surface area contributed by atoms with Crippen LogP contribution in [0.5, 0.6) is 0 Å². The topological polar surface area (TPSA) is 92.4 Å². The summed E-state index contributed by atoms with van der Waals surface area (Å²) in [5.41, 5.74) is 1.57. The minimum absolute atomic E-state index is 0.137. The van der Waals surface area contributed by atoms with E-state index in [-0.39, 0.29) is 6.42 Å². The number of carbonyl (C=O) groups excluding carboxylic acids is 1. The molecule has 4 aromatic carbocycles. The van der Waals surface area contributed by atoms with Gasteiger partial charge in [-0.1, -0.05) is 104 Å². The molecule has 1 aromatic heterocycles. The van der Waals surface area contributed by atoms with Gasteiger partial charge in [-0.05, 0) is 59.2 Å². The van der Waals surface area contributed by atoms with Crippen molar-refractivity contribution in [2.24, 2.45) is 0 Å². The third kappa shape index (κ3) is 5.24. The van der Waals surface area contributed by atoms with E-state index < -0.39 is 22.5 Å². The van der Waals surface area contributed by atoms with Crippen LogP contribution in [-0.4, -0.2) is 16.2 Å². The van der Waals surface area contributed by atoms with E-state index in [2.05, 4.69) is 10.5 Å². The zero-order chi connectivity index (χ0) is 27.6. The number of aryl methyl sites for hydroxylation is 1. The normalized spacial score (nSPS) is 13.1. The van der Waals surface area contributed by atoms with Crippen molar-refractivity contribution in [1.29, 1.82) is 0 Å². The van der Waals surface area contributed by atoms with E-state index in [0.29, 0.717) is 27.7 Å². The van der Waals surface area contributed by atoms with Gasteiger partial charge in [0.2, 0.25) is 0 Å². The molecule has 1 atom stereocenters. The maximum atomic E-state index is 13.9. The molecular weight excluding hydrogens is 488 g/mol. The molecule has 0 radical (unpaired) electrons. The lowest BCUT2D eigenvalue weighted by molar-refractivity contribution is -0.137. The first-order valence-electron chi connectivity index (χ1n) is 12.8. The van der Waals surface area contributed by atoms with Crippen molar-refractivity contribution in [3.8, 4) is 11.1 Å². The number of hydrogen-bond acceptors (Lipinski definition) is 5. The molecule has 0 saturated heterocycles. The lowest BCUT2D eigenvalue weighted by Crippen LogP contribution is -2.44. The number of hydrogen-bond donors (Lipinski definition) is 2. The summed E-state index contributed by atoms with van der Waals surface area (Å²) in [6, 6.07) is 32.1. The van der Waals surface area contributed by atoms with Crippen molar-refractivity contribution in [2.45, 2.75) is 38.2 Å². The second-order valence-electron chi connectivity index (χ2n) is 10.5. The lowest BCUT2D eigenvalue weighted by atomic mass is 9.72. The molecule has 0 fully saturated rings. The minimum atomic E-state index is -1.85. The van der Waals surface area contributed by atoms with Crippen molar-refractivity contribution in [1.82, 2.24) is 5.16 Å². The van der Waals surface area contributed by atoms with Crippen molar-refractivity contribution >= 4 is 22.4 Å². The standard InChI is InChI=1S/C33H30N2O4/c1-22-29-20-27(18-19-28(29)30(36)39-35-22)34-31(37)33(38,21-32(2,3)25-12-8-5-9-13-25)26-16-14-24(15-17-26)23-10-6-4-7-11-23/h4-20,38H,21H2,1-3H3,(H,34,37). The van der Waals surface area contributed by atoms with E-state index in [9.17, 15) is 14.7 Å². The van der Waals surface area contributed by atoms with Gasteiger partial charge in [0.1, 0.15) is 0 Å². The summed E-state index contributed by atoms with van der Waals surface area (Å²) in [6.45, 7) is 5.76. The Labute approximate surface area is 226 Å². The molecule has 5 aromatic rings. The number of benzene rings is 4. The molecule has 6 heteroatoms. The average Bonchev–Trinajstić information content (AvgIpc) is 2.96. The summed E-state index contributed by atoms with van der Waals surface area (Å²) in [5, 5.41) is 19.8. The molecule has 2 N–H and O–H groups in total. The fourth-order valence-electron chi connectivity index (χ4n) is 5.06. The number of rotatable bonds is 7. The Kier molecular flexibility index (Phi) is 6.89. The largest absolute Gasteiger partial charge is 0.375 e. The molecule has 6 nitrogen and oxygen atoms in total. The molecule has 0 bridgehead atoms. The summed E-state index contributed by atoms with van der Waals surface area (Å²) >= 11 is 0. The number of aliphatic hydroxyl groups is 1. The Bertz CT molecular complexity index is 1680. The van der Waals surface area contributed by atoms with Gasteiger partial charge in [-0.2, -0.15) is 0 Å². The van der Waals surface area contributed by atoms with Crippen LogP contribution in [0.25, 0.3) is 21.9 Å². The number of amides is 1. The number of aromatic nitrogens is 1. The first-order chi connectivity index (χ1) is 18.7. The molecule has 0 aliphatic heterocycles. The Morgan fingerprint density at radius 1 is 0.821 bits per heavy atom. The maximum absolute atomic E-state index is 13.9. The quantitative estimate of drug-likeness (QED) is 0.262. The molecule has 0 aliphatic rings. The molecule has 0 saturated carbocycles. The highest BCUT2D eigenvalue weighted by Crippen LogP contribution is 2.39. The van der Waals surface area contributed by atoms with E-state index >= 15 is 0 Å². The van der Waals surface area contributed by atoms with E-state index in [1.165, 1.54) is 0 Å². The van der Waals surface area contributed by atoms with Crippen LogP contribution in [0.3, 0.4) is 0 Å². The zero-order valence-electron chi connectivity index (χ0n) is 22.1. The number of carbonyl (C=O) groups is 1. The zero-order valence-corrected chi connectivity index (χ0v) is 22.1. The van der Waals surface area contributed by atoms with Crippen LogP contribution >= 0.6 is 0 Å². The van der Waals surface area contributed by atoms with Crippen LogP contribution in [0.1, 0.15) is 37.1 Å². The fourth-order valence-corrected chi connectivity index (χ4v) is 5.06. The van der Waals surface area contributed by atoms with Gasteiger partial charge in [0.05, 0.1) is 11.1 Å². The molecular formula is C33H30N2O4. The van der Waals surface area contributed by atoms with Crippen LogP contribution in [0.15, 0.2) is 112 Å². The predicted molar refractivity (Wildman–Crippen MR) is 154 cm³/mol. The fraction of sp³-hybridized carbons (Fsp3) is 0.182. The van der Waals surface area contributed by atoms with Crippen LogP contribution in [-0.2, 0) is 15.8 Å². The van der Waals surface area contributed by atoms with Crippen molar-refractivity contribution in [3.63, 3.8) is 0 Å². The number of anilines is 1. The van der Waals surface area contributed by atoms with E-state index in [1.54, 1.807) is 25.1 Å². The highest BCUT2D eigenvalue weighted by Gasteiger charge is 2.43. The molecule has 5 rings (SSSR count). The average molecular weight is 519 g/mol. The number of nitrogens with zero attached hydrogens (tertiary/aromatic N) is 1. The monoisotopic (exact) mass is 518 g/mol. The molecule has 1 unspecified atom stereocenters. The summed E-state index contributed by atoms with van der Waals surface area (Å²) < 4.78 is 4.81. The summed E-state index contributed by atoms with van der Waals surface area (Å²) in [5.74, 6) is -0.563. The van der Waals surface area contributed by atoms with E-state index in [0.717, 1.165) is 16.7 Å². The Balaban J connectivity index is 1.54. The molecule has 1 amide bonds. The van der Waals surface area contributed by atoms with Gasteiger partial charge in [0.25, 0.3) is 5.91 Å². The molecule has 1 heterocycles. The highest BCUT2D eigenvalue weighted by atomic mass is 16.5. The SMILES string of the molecule is Cc1noc(=O)c2ccc(NC(=O)C(O)(CC(C)(C)c3ccccc3)c3ccc(-c4ccccc4)cc3)cc12. The Morgan fingerprint density at radius 3 is 2.10 bits per heavy atom. The number of nitrogens with one attached hydrogen (secondary N) is 1. The van der Waals surface area contributed by atoms with Gasteiger partial charge in [0, 0.05) is 11.1 Å². The third-order valence-electron chi connectivity index (χ3n) is 7.25. The first kappa shape index (κ1) is 26.1. The predicted octanol–water partition coefficient (Wildman–Crippen LogP) is 6.36. The summed E-state index contributed by atoms with van der Waals surface area (Å²) in [6.07, 6.45) is 0.137. The smallest absolute Gasteiger partial charge is 0.366 e. The van der Waals surface area contributed by atoms with Crippen LogP contribution in [0.2, 0.25) is 0 Å². The van der Waals surface area contributed by atoms with Gasteiger partial charge in [-0.3, -0.25) is 4.79 Å².